The van der Waals surface area contributed by atoms with Crippen LogP contribution in [0.2, 0.25) is 0 Å². The Hall–Kier alpha value is -1.89. The predicted octanol–water partition coefficient (Wildman–Crippen LogP) is 1.98. The number of carbonyl (C=O) groups is 2. The maximum atomic E-state index is 12.8. The van der Waals surface area contributed by atoms with Crippen molar-refractivity contribution in [3.63, 3.8) is 0 Å². The molecule has 0 bridgehead atoms. The molecule has 0 unspecified atom stereocenters. The second kappa shape index (κ2) is 6.44. The van der Waals surface area contributed by atoms with Crippen LogP contribution in [0.25, 0.3) is 0 Å². The molecule has 2 aliphatic rings. The first-order valence-corrected chi connectivity index (χ1v) is 9.01. The van der Waals surface area contributed by atoms with Gasteiger partial charge in [0.25, 0.3) is 5.91 Å². The molecule has 0 saturated carbocycles. The third-order valence-electron chi connectivity index (χ3n) is 5.59. The number of nitrogens with zero attached hydrogens (tertiary/aromatic N) is 3. The van der Waals surface area contributed by atoms with Crippen LogP contribution in [0.4, 0.5) is 0 Å². The number of hydrogen-bond acceptors (Lipinski definition) is 4. The Kier molecular flexibility index (Phi) is 4.62. The molecule has 7 heteroatoms. The molecular formula is C18H27N3O4. The number of hydrogen-bond donors (Lipinski definition) is 1. The fourth-order valence-corrected chi connectivity index (χ4v) is 3.79. The molecule has 1 aromatic heterocycles. The van der Waals surface area contributed by atoms with Gasteiger partial charge in [-0.3, -0.25) is 9.48 Å². The lowest BCUT2D eigenvalue weighted by atomic mass is 9.86. The van der Waals surface area contributed by atoms with Crippen molar-refractivity contribution in [1.82, 2.24) is 14.7 Å². The molecule has 0 spiro atoms. The third kappa shape index (κ3) is 3.05. The molecule has 1 N–H and O–H groups in total. The largest absolute Gasteiger partial charge is 0.479 e. The van der Waals surface area contributed by atoms with E-state index in [1.807, 2.05) is 26.8 Å². The smallest absolute Gasteiger partial charge is 0.331 e. The predicted molar refractivity (Wildman–Crippen MR) is 91.3 cm³/mol. The average Bonchev–Trinajstić information content (AvgIpc) is 3.24. The summed E-state index contributed by atoms with van der Waals surface area (Å²) >= 11 is 0. The fourth-order valence-electron chi connectivity index (χ4n) is 3.79. The minimum Gasteiger partial charge on any atom is -0.479 e. The van der Waals surface area contributed by atoms with E-state index in [1.165, 1.54) is 0 Å². The monoisotopic (exact) mass is 349 g/mol. The molecule has 7 nitrogen and oxygen atoms in total. The Labute approximate surface area is 147 Å². The first-order chi connectivity index (χ1) is 11.8. The zero-order chi connectivity index (χ0) is 18.2. The summed E-state index contributed by atoms with van der Waals surface area (Å²) in [6, 6.07) is 1.88. The SMILES string of the molecule is CC(C)c1ccn(C2(C(=O)O)CCN(C(=O)[C@]3(C)CCCO3)CC2)n1. The van der Waals surface area contributed by atoms with Gasteiger partial charge < -0.3 is 14.7 Å². The molecule has 2 aliphatic heterocycles. The number of amides is 1. The highest BCUT2D eigenvalue weighted by atomic mass is 16.5. The maximum absolute atomic E-state index is 12.8. The highest BCUT2D eigenvalue weighted by molar-refractivity contribution is 5.85. The normalized spacial score (nSPS) is 26.2. The van der Waals surface area contributed by atoms with Gasteiger partial charge in [0.15, 0.2) is 5.54 Å². The lowest BCUT2D eigenvalue weighted by Gasteiger charge is -2.41. The summed E-state index contributed by atoms with van der Waals surface area (Å²) in [6.45, 7) is 7.32. The van der Waals surface area contributed by atoms with E-state index >= 15 is 0 Å². The van der Waals surface area contributed by atoms with Crippen molar-refractivity contribution in [3.8, 4) is 0 Å². The highest BCUT2D eigenvalue weighted by Crippen LogP contribution is 2.34. The van der Waals surface area contributed by atoms with Crippen molar-refractivity contribution < 1.29 is 19.4 Å². The van der Waals surface area contributed by atoms with Gasteiger partial charge >= 0.3 is 5.97 Å². The number of piperidine rings is 1. The van der Waals surface area contributed by atoms with E-state index in [1.54, 1.807) is 15.8 Å². The Morgan fingerprint density at radius 3 is 2.44 bits per heavy atom. The standard InChI is InChI=1S/C18H27N3O4/c1-13(2)14-5-9-21(19-14)18(16(23)24)7-10-20(11-8-18)15(22)17(3)6-4-12-25-17/h5,9,13H,4,6-8,10-12H2,1-3H3,(H,23,24)/t17-/m0/s1. The van der Waals surface area contributed by atoms with E-state index in [4.69, 9.17) is 4.74 Å². The van der Waals surface area contributed by atoms with Crippen LogP contribution in [0.15, 0.2) is 12.3 Å². The van der Waals surface area contributed by atoms with E-state index in [-0.39, 0.29) is 11.8 Å². The lowest BCUT2D eigenvalue weighted by Crippen LogP contribution is -2.56. The van der Waals surface area contributed by atoms with Crippen molar-refractivity contribution in [1.29, 1.82) is 0 Å². The molecule has 3 heterocycles. The Morgan fingerprint density at radius 2 is 1.96 bits per heavy atom. The lowest BCUT2D eigenvalue weighted by molar-refractivity contribution is -0.159. The van der Waals surface area contributed by atoms with Gasteiger partial charge in [-0.25, -0.2) is 4.79 Å². The van der Waals surface area contributed by atoms with Crippen LogP contribution < -0.4 is 0 Å². The summed E-state index contributed by atoms with van der Waals surface area (Å²) in [5, 5.41) is 14.4. The third-order valence-corrected chi connectivity index (χ3v) is 5.59. The molecule has 2 fully saturated rings. The molecule has 1 atom stereocenters. The average molecular weight is 349 g/mol. The van der Waals surface area contributed by atoms with Crippen LogP contribution in [-0.2, 0) is 19.9 Å². The summed E-state index contributed by atoms with van der Waals surface area (Å²) in [5.74, 6) is -0.665. The van der Waals surface area contributed by atoms with E-state index in [0.29, 0.717) is 32.5 Å². The molecule has 1 aromatic rings. The van der Waals surface area contributed by atoms with E-state index in [9.17, 15) is 14.7 Å². The first-order valence-electron chi connectivity index (χ1n) is 9.01. The minimum absolute atomic E-state index is 0.0210. The van der Waals surface area contributed by atoms with Gasteiger partial charge in [0.05, 0.1) is 5.69 Å². The molecule has 25 heavy (non-hydrogen) atoms. The number of carbonyl (C=O) groups excluding carboxylic acids is 1. The van der Waals surface area contributed by atoms with Crippen molar-refractivity contribution >= 4 is 11.9 Å². The Bertz CT molecular complexity index is 653. The summed E-state index contributed by atoms with van der Waals surface area (Å²) in [5.41, 5.74) is -0.952. The number of rotatable bonds is 4. The number of carboxylic acids is 1. The Morgan fingerprint density at radius 1 is 1.28 bits per heavy atom. The van der Waals surface area contributed by atoms with Crippen molar-refractivity contribution in [2.24, 2.45) is 0 Å². The Balaban J connectivity index is 1.76. The number of ether oxygens (including phenoxy) is 1. The zero-order valence-corrected chi connectivity index (χ0v) is 15.2. The summed E-state index contributed by atoms with van der Waals surface area (Å²) < 4.78 is 7.23. The molecule has 138 valence electrons. The van der Waals surface area contributed by atoms with E-state index < -0.39 is 17.1 Å². The van der Waals surface area contributed by atoms with Crippen molar-refractivity contribution in [2.75, 3.05) is 19.7 Å². The van der Waals surface area contributed by atoms with Crippen LogP contribution in [0.5, 0.6) is 0 Å². The van der Waals surface area contributed by atoms with Gasteiger partial charge in [-0.1, -0.05) is 13.8 Å². The zero-order valence-electron chi connectivity index (χ0n) is 15.2. The van der Waals surface area contributed by atoms with Crippen LogP contribution in [0, 0.1) is 0 Å². The van der Waals surface area contributed by atoms with Crippen LogP contribution in [-0.4, -0.2) is 57.0 Å². The minimum atomic E-state index is -1.08. The fraction of sp³-hybridized carbons (Fsp3) is 0.722. The molecule has 2 saturated heterocycles. The molecule has 0 aromatic carbocycles. The summed E-state index contributed by atoms with van der Waals surface area (Å²) in [6.07, 6.45) is 4.07. The molecule has 0 radical (unpaired) electrons. The topological polar surface area (TPSA) is 84.7 Å². The van der Waals surface area contributed by atoms with Crippen LogP contribution >= 0.6 is 0 Å². The van der Waals surface area contributed by atoms with Crippen LogP contribution in [0.3, 0.4) is 0 Å². The first kappa shape index (κ1) is 17.9. The molecule has 1 amide bonds. The van der Waals surface area contributed by atoms with E-state index in [2.05, 4.69) is 5.10 Å². The quantitative estimate of drug-likeness (QED) is 0.898. The maximum Gasteiger partial charge on any atom is 0.331 e. The second-order valence-corrected chi connectivity index (χ2v) is 7.65. The van der Waals surface area contributed by atoms with Gasteiger partial charge in [-0.05, 0) is 31.7 Å². The number of likely N-dealkylation sites (tertiary alicyclic amines) is 1. The summed E-state index contributed by atoms with van der Waals surface area (Å²) in [4.78, 5) is 26.6. The second-order valence-electron chi connectivity index (χ2n) is 7.65. The molecule has 0 aliphatic carbocycles. The summed E-state index contributed by atoms with van der Waals surface area (Å²) in [7, 11) is 0. The van der Waals surface area contributed by atoms with Gasteiger partial charge in [-0.15, -0.1) is 0 Å². The van der Waals surface area contributed by atoms with Crippen molar-refractivity contribution in [2.45, 2.75) is 63.5 Å². The van der Waals surface area contributed by atoms with Crippen molar-refractivity contribution in [3.05, 3.63) is 18.0 Å². The molecule has 3 rings (SSSR count). The van der Waals surface area contributed by atoms with Gasteiger partial charge in [-0.2, -0.15) is 5.10 Å². The van der Waals surface area contributed by atoms with Gasteiger partial charge in [0, 0.05) is 38.7 Å². The van der Waals surface area contributed by atoms with Crippen LogP contribution in [0.1, 0.15) is 58.1 Å². The highest BCUT2D eigenvalue weighted by Gasteiger charge is 2.48. The number of aromatic nitrogens is 2. The number of aliphatic carboxylic acids is 1. The van der Waals surface area contributed by atoms with E-state index in [0.717, 1.165) is 18.5 Å². The van der Waals surface area contributed by atoms with Gasteiger partial charge in [0.1, 0.15) is 5.60 Å². The van der Waals surface area contributed by atoms with Gasteiger partial charge in [0.2, 0.25) is 0 Å². The number of carboxylic acid groups (broad SMARTS) is 1. The molecular weight excluding hydrogens is 322 g/mol.